The van der Waals surface area contributed by atoms with Crippen LogP contribution in [0.2, 0.25) is 0 Å². The maximum absolute atomic E-state index is 11.6. The molecule has 130 valence electrons. The van der Waals surface area contributed by atoms with Gasteiger partial charge in [-0.25, -0.2) is 9.59 Å². The van der Waals surface area contributed by atoms with E-state index in [2.05, 4.69) is 0 Å². The second kappa shape index (κ2) is 6.60. The summed E-state index contributed by atoms with van der Waals surface area (Å²) < 4.78 is 0. The molecule has 0 saturated heterocycles. The van der Waals surface area contributed by atoms with Gasteiger partial charge in [-0.3, -0.25) is 0 Å². The fourth-order valence-corrected chi connectivity index (χ4v) is 2.73. The average molecular weight is 350 g/mol. The summed E-state index contributed by atoms with van der Waals surface area (Å²) in [4.78, 5) is 22.9. The summed E-state index contributed by atoms with van der Waals surface area (Å²) in [6, 6.07) is 14.4. The summed E-state index contributed by atoms with van der Waals surface area (Å²) >= 11 is 0. The lowest BCUT2D eigenvalue weighted by molar-refractivity contribution is 0.0682. The van der Waals surface area contributed by atoms with Crippen molar-refractivity contribution in [3.63, 3.8) is 0 Å². The van der Waals surface area contributed by atoms with Crippen LogP contribution in [0.4, 0.5) is 0 Å². The third-order valence-electron chi connectivity index (χ3n) is 3.97. The van der Waals surface area contributed by atoms with Crippen molar-refractivity contribution >= 4 is 11.9 Å². The highest BCUT2D eigenvalue weighted by Gasteiger charge is 2.18. The fourth-order valence-electron chi connectivity index (χ4n) is 2.73. The number of rotatable bonds is 4. The zero-order chi connectivity index (χ0) is 18.8. The van der Waals surface area contributed by atoms with Crippen molar-refractivity contribution in [1.29, 1.82) is 0 Å². The van der Waals surface area contributed by atoms with Crippen LogP contribution in [0.15, 0.2) is 60.7 Å². The third-order valence-corrected chi connectivity index (χ3v) is 3.97. The minimum Gasteiger partial charge on any atom is -0.508 e. The Morgan fingerprint density at radius 2 is 1.27 bits per heavy atom. The monoisotopic (exact) mass is 350 g/mol. The predicted molar refractivity (Wildman–Crippen MR) is 94.6 cm³/mol. The van der Waals surface area contributed by atoms with Crippen molar-refractivity contribution in [1.82, 2.24) is 0 Å². The molecule has 6 heteroatoms. The zero-order valence-corrected chi connectivity index (χ0v) is 13.4. The van der Waals surface area contributed by atoms with Gasteiger partial charge in [0.2, 0.25) is 0 Å². The quantitative estimate of drug-likeness (QED) is 0.568. The Labute approximate surface area is 148 Å². The minimum atomic E-state index is -1.21. The van der Waals surface area contributed by atoms with E-state index in [9.17, 15) is 30.0 Å². The smallest absolute Gasteiger partial charge is 0.336 e. The van der Waals surface area contributed by atoms with Gasteiger partial charge in [-0.1, -0.05) is 18.2 Å². The Morgan fingerprint density at radius 3 is 1.88 bits per heavy atom. The van der Waals surface area contributed by atoms with Gasteiger partial charge in [-0.15, -0.1) is 0 Å². The van der Waals surface area contributed by atoms with E-state index in [4.69, 9.17) is 0 Å². The van der Waals surface area contributed by atoms with Gasteiger partial charge in [-0.2, -0.15) is 0 Å². The molecule has 26 heavy (non-hydrogen) atoms. The Bertz CT molecular complexity index is 1010. The summed E-state index contributed by atoms with van der Waals surface area (Å²) in [6.07, 6.45) is 0. The normalized spacial score (nSPS) is 10.5. The van der Waals surface area contributed by atoms with Crippen LogP contribution in [0.1, 0.15) is 20.7 Å². The van der Waals surface area contributed by atoms with Crippen molar-refractivity contribution in [2.45, 2.75) is 0 Å². The molecule has 0 heterocycles. The molecule has 6 nitrogen and oxygen atoms in total. The third kappa shape index (κ3) is 3.21. The fraction of sp³-hybridized carbons (Fsp3) is 0. The highest BCUT2D eigenvalue weighted by atomic mass is 16.4. The highest BCUT2D eigenvalue weighted by Crippen LogP contribution is 2.37. The van der Waals surface area contributed by atoms with Gasteiger partial charge < -0.3 is 20.4 Å². The number of hydrogen-bond acceptors (Lipinski definition) is 4. The van der Waals surface area contributed by atoms with E-state index >= 15 is 0 Å². The molecule has 0 spiro atoms. The van der Waals surface area contributed by atoms with Gasteiger partial charge in [0.15, 0.2) is 0 Å². The first-order chi connectivity index (χ1) is 12.4. The molecule has 0 saturated carbocycles. The highest BCUT2D eigenvalue weighted by molar-refractivity contribution is 6.01. The lowest BCUT2D eigenvalue weighted by atomic mass is 9.90. The molecule has 3 aromatic rings. The molecule has 3 rings (SSSR count). The van der Waals surface area contributed by atoms with E-state index in [0.717, 1.165) is 0 Å². The van der Waals surface area contributed by atoms with Gasteiger partial charge in [-0.05, 0) is 64.7 Å². The molecule has 0 amide bonds. The van der Waals surface area contributed by atoms with Gasteiger partial charge in [0.05, 0.1) is 11.1 Å². The van der Waals surface area contributed by atoms with Crippen LogP contribution in [0, 0.1) is 0 Å². The second-order valence-corrected chi connectivity index (χ2v) is 5.65. The van der Waals surface area contributed by atoms with Gasteiger partial charge in [0.1, 0.15) is 11.5 Å². The number of phenols is 2. The van der Waals surface area contributed by atoms with Crippen molar-refractivity contribution in [3.8, 4) is 33.8 Å². The van der Waals surface area contributed by atoms with Crippen LogP contribution in [0.3, 0.4) is 0 Å². The number of hydrogen-bond donors (Lipinski definition) is 4. The minimum absolute atomic E-state index is 0.0648. The molecule has 0 aliphatic carbocycles. The Balaban J connectivity index is 2.31. The molecular formula is C20H14O6. The molecule has 3 aromatic carbocycles. The topological polar surface area (TPSA) is 115 Å². The molecule has 4 N–H and O–H groups in total. The summed E-state index contributed by atoms with van der Waals surface area (Å²) in [6.45, 7) is 0. The molecule has 0 fully saturated rings. The molecule has 0 atom stereocenters. The molecule has 0 radical (unpaired) electrons. The second-order valence-electron chi connectivity index (χ2n) is 5.65. The number of benzene rings is 3. The van der Waals surface area contributed by atoms with E-state index in [1.807, 2.05) is 0 Å². The molecule has 0 aliphatic heterocycles. The van der Waals surface area contributed by atoms with E-state index in [-0.39, 0.29) is 28.2 Å². The number of carboxylic acid groups (broad SMARTS) is 2. The summed E-state index contributed by atoms with van der Waals surface area (Å²) in [7, 11) is 0. The maximum atomic E-state index is 11.6. The first-order valence-electron chi connectivity index (χ1n) is 7.60. The van der Waals surface area contributed by atoms with Crippen LogP contribution >= 0.6 is 0 Å². The van der Waals surface area contributed by atoms with Crippen LogP contribution in [-0.2, 0) is 0 Å². The SMILES string of the molecule is O=C(O)c1ccc(C(=O)O)c(-c2cc(O)ccc2-c2ccc(O)cc2)c1. The van der Waals surface area contributed by atoms with Crippen LogP contribution in [0.25, 0.3) is 22.3 Å². The van der Waals surface area contributed by atoms with Crippen LogP contribution in [-0.4, -0.2) is 32.4 Å². The Kier molecular flexibility index (Phi) is 4.33. The Hall–Kier alpha value is -3.80. The number of aromatic carboxylic acids is 2. The van der Waals surface area contributed by atoms with E-state index in [0.29, 0.717) is 16.7 Å². The molecule has 0 unspecified atom stereocenters. The zero-order valence-electron chi connectivity index (χ0n) is 13.4. The van der Waals surface area contributed by atoms with E-state index < -0.39 is 11.9 Å². The van der Waals surface area contributed by atoms with Gasteiger partial charge >= 0.3 is 11.9 Å². The van der Waals surface area contributed by atoms with E-state index in [1.165, 1.54) is 42.5 Å². The first kappa shape index (κ1) is 17.0. The van der Waals surface area contributed by atoms with Gasteiger partial charge in [0, 0.05) is 0 Å². The molecule has 0 bridgehead atoms. The van der Waals surface area contributed by atoms with E-state index in [1.54, 1.807) is 18.2 Å². The van der Waals surface area contributed by atoms with Crippen molar-refractivity contribution in [2.24, 2.45) is 0 Å². The lowest BCUT2D eigenvalue weighted by Gasteiger charge is -2.14. The van der Waals surface area contributed by atoms with Crippen LogP contribution < -0.4 is 0 Å². The summed E-state index contributed by atoms with van der Waals surface area (Å²) in [5, 5.41) is 38.1. The maximum Gasteiger partial charge on any atom is 0.336 e. The predicted octanol–water partition coefficient (Wildman–Crippen LogP) is 3.83. The van der Waals surface area contributed by atoms with Crippen LogP contribution in [0.5, 0.6) is 11.5 Å². The largest absolute Gasteiger partial charge is 0.508 e. The lowest BCUT2D eigenvalue weighted by Crippen LogP contribution is -2.04. The average Bonchev–Trinajstić information content (AvgIpc) is 2.62. The van der Waals surface area contributed by atoms with Crippen molar-refractivity contribution < 1.29 is 30.0 Å². The molecular weight excluding hydrogens is 336 g/mol. The number of phenolic OH excluding ortho intramolecular Hbond substituents is 2. The number of aromatic hydroxyl groups is 2. The standard InChI is InChI=1S/C20H14O6/c21-13-4-1-11(2-5-13)15-8-6-14(22)10-18(15)17-9-12(19(23)24)3-7-16(17)20(25)26/h1-10,21-22H,(H,23,24)(H,25,26). The first-order valence-corrected chi connectivity index (χ1v) is 7.60. The number of carboxylic acids is 2. The van der Waals surface area contributed by atoms with Gasteiger partial charge in [0.25, 0.3) is 0 Å². The summed E-state index contributed by atoms with van der Waals surface area (Å²) in [5.41, 5.74) is 1.67. The number of carbonyl (C=O) groups is 2. The van der Waals surface area contributed by atoms with Crippen molar-refractivity contribution in [3.05, 3.63) is 71.8 Å². The molecule has 0 aromatic heterocycles. The summed E-state index contributed by atoms with van der Waals surface area (Å²) in [5.74, 6) is -2.40. The Morgan fingerprint density at radius 1 is 0.615 bits per heavy atom. The molecule has 0 aliphatic rings. The van der Waals surface area contributed by atoms with Crippen molar-refractivity contribution in [2.75, 3.05) is 0 Å².